The standard InChI is InChI=1S/C21H17FN2O2/c1-14-6-4-7-15(12-14)19-13-18(20-10-5-11-26-20)23-24(19)21(25)16-8-2-3-9-17(16)22/h2-12,19H,13H2,1H3/t19-/m0/s1. The van der Waals surface area contributed by atoms with Gasteiger partial charge in [-0.1, -0.05) is 42.0 Å². The molecule has 26 heavy (non-hydrogen) atoms. The lowest BCUT2D eigenvalue weighted by Gasteiger charge is -2.22. The first kappa shape index (κ1) is 16.3. The zero-order valence-corrected chi connectivity index (χ0v) is 14.2. The quantitative estimate of drug-likeness (QED) is 0.687. The smallest absolute Gasteiger partial charge is 0.277 e. The van der Waals surface area contributed by atoms with E-state index in [9.17, 15) is 9.18 Å². The van der Waals surface area contributed by atoms with Crippen LogP contribution < -0.4 is 0 Å². The van der Waals surface area contributed by atoms with Gasteiger partial charge in [0.05, 0.1) is 17.9 Å². The van der Waals surface area contributed by atoms with Crippen LogP contribution in [-0.2, 0) is 0 Å². The van der Waals surface area contributed by atoms with E-state index in [1.54, 1.807) is 24.5 Å². The lowest BCUT2D eigenvalue weighted by molar-refractivity contribution is 0.0706. The third-order valence-corrected chi connectivity index (χ3v) is 4.46. The molecule has 4 rings (SSSR count). The van der Waals surface area contributed by atoms with Gasteiger partial charge in [-0.25, -0.2) is 9.40 Å². The molecule has 0 saturated heterocycles. The van der Waals surface area contributed by atoms with Gasteiger partial charge in [-0.3, -0.25) is 4.79 Å². The Morgan fingerprint density at radius 2 is 2.00 bits per heavy atom. The molecule has 3 aromatic rings. The first-order valence-corrected chi connectivity index (χ1v) is 8.39. The molecule has 1 aliphatic heterocycles. The van der Waals surface area contributed by atoms with Gasteiger partial charge in [-0.05, 0) is 36.8 Å². The average molecular weight is 348 g/mol. The van der Waals surface area contributed by atoms with Crippen molar-refractivity contribution in [2.75, 3.05) is 0 Å². The van der Waals surface area contributed by atoms with Crippen molar-refractivity contribution in [2.45, 2.75) is 19.4 Å². The minimum absolute atomic E-state index is 0.00889. The number of hydrogen-bond acceptors (Lipinski definition) is 3. The summed E-state index contributed by atoms with van der Waals surface area (Å²) in [6, 6.07) is 17.2. The van der Waals surface area contributed by atoms with Crippen LogP contribution in [-0.4, -0.2) is 16.6 Å². The van der Waals surface area contributed by atoms with Crippen LogP contribution in [0.4, 0.5) is 4.39 Å². The van der Waals surface area contributed by atoms with Crippen LogP contribution in [0.15, 0.2) is 76.4 Å². The summed E-state index contributed by atoms with van der Waals surface area (Å²) in [5.41, 5.74) is 2.73. The maximum atomic E-state index is 14.1. The summed E-state index contributed by atoms with van der Waals surface area (Å²) in [5.74, 6) is -0.398. The van der Waals surface area contributed by atoms with Gasteiger partial charge in [-0.2, -0.15) is 5.10 Å². The molecule has 130 valence electrons. The zero-order chi connectivity index (χ0) is 18.1. The van der Waals surface area contributed by atoms with Crippen LogP contribution in [0.5, 0.6) is 0 Å². The average Bonchev–Trinajstić information content (AvgIpc) is 3.31. The number of furan rings is 1. The molecule has 1 amide bonds. The van der Waals surface area contributed by atoms with Gasteiger partial charge in [0.1, 0.15) is 17.3 Å². The van der Waals surface area contributed by atoms with Crippen molar-refractivity contribution in [3.05, 3.63) is 95.2 Å². The van der Waals surface area contributed by atoms with Crippen LogP contribution >= 0.6 is 0 Å². The number of aryl methyl sites for hydroxylation is 1. The largest absolute Gasteiger partial charge is 0.463 e. The van der Waals surface area contributed by atoms with E-state index < -0.39 is 11.7 Å². The normalized spacial score (nSPS) is 16.6. The first-order chi connectivity index (χ1) is 12.6. The molecule has 0 bridgehead atoms. The number of rotatable bonds is 3. The monoisotopic (exact) mass is 348 g/mol. The minimum Gasteiger partial charge on any atom is -0.463 e. The second-order valence-electron chi connectivity index (χ2n) is 6.29. The van der Waals surface area contributed by atoms with Crippen LogP contribution in [0.25, 0.3) is 0 Å². The number of hydrogen-bond donors (Lipinski definition) is 0. The van der Waals surface area contributed by atoms with Crippen molar-refractivity contribution in [1.82, 2.24) is 5.01 Å². The zero-order valence-electron chi connectivity index (χ0n) is 14.2. The summed E-state index contributed by atoms with van der Waals surface area (Å²) in [6.45, 7) is 2.00. The third-order valence-electron chi connectivity index (χ3n) is 4.46. The molecule has 0 spiro atoms. The molecule has 0 unspecified atom stereocenters. The fourth-order valence-corrected chi connectivity index (χ4v) is 3.18. The van der Waals surface area contributed by atoms with Crippen molar-refractivity contribution in [2.24, 2.45) is 5.10 Å². The molecule has 1 aliphatic rings. The lowest BCUT2D eigenvalue weighted by Crippen LogP contribution is -2.27. The van der Waals surface area contributed by atoms with E-state index in [1.807, 2.05) is 37.3 Å². The minimum atomic E-state index is -0.554. The van der Waals surface area contributed by atoms with Crippen molar-refractivity contribution < 1.29 is 13.6 Å². The number of carbonyl (C=O) groups excluding carboxylic acids is 1. The Morgan fingerprint density at radius 3 is 2.73 bits per heavy atom. The second-order valence-corrected chi connectivity index (χ2v) is 6.29. The highest BCUT2D eigenvalue weighted by Gasteiger charge is 2.35. The fraction of sp³-hybridized carbons (Fsp3) is 0.143. The van der Waals surface area contributed by atoms with Crippen LogP contribution in [0.2, 0.25) is 0 Å². The third kappa shape index (κ3) is 2.92. The predicted octanol–water partition coefficient (Wildman–Crippen LogP) is 4.72. The molecular weight excluding hydrogens is 331 g/mol. The summed E-state index contributed by atoms with van der Waals surface area (Å²) in [7, 11) is 0. The highest BCUT2D eigenvalue weighted by atomic mass is 19.1. The van der Waals surface area contributed by atoms with Gasteiger partial charge >= 0.3 is 0 Å². The van der Waals surface area contributed by atoms with E-state index in [-0.39, 0.29) is 11.6 Å². The number of carbonyl (C=O) groups is 1. The SMILES string of the molecule is Cc1cccc([C@@H]2CC(c3ccco3)=NN2C(=O)c2ccccc2F)c1. The Bertz CT molecular complexity index is 979. The summed E-state index contributed by atoms with van der Waals surface area (Å²) in [6.07, 6.45) is 2.08. The molecule has 0 radical (unpaired) electrons. The van der Waals surface area contributed by atoms with E-state index in [1.165, 1.54) is 17.1 Å². The van der Waals surface area contributed by atoms with Gasteiger partial charge in [0.2, 0.25) is 0 Å². The predicted molar refractivity (Wildman–Crippen MR) is 96.4 cm³/mol. The summed E-state index contributed by atoms with van der Waals surface area (Å²) >= 11 is 0. The fourth-order valence-electron chi connectivity index (χ4n) is 3.18. The number of halogens is 1. The van der Waals surface area contributed by atoms with Crippen molar-refractivity contribution in [3.8, 4) is 0 Å². The lowest BCUT2D eigenvalue weighted by atomic mass is 9.99. The van der Waals surface area contributed by atoms with Crippen LogP contribution in [0.1, 0.15) is 39.7 Å². The van der Waals surface area contributed by atoms with Gasteiger partial charge < -0.3 is 4.42 Å². The molecule has 0 aliphatic carbocycles. The van der Waals surface area contributed by atoms with Crippen LogP contribution in [0.3, 0.4) is 0 Å². The maximum Gasteiger partial charge on any atom is 0.277 e. The van der Waals surface area contributed by atoms with Gasteiger partial charge in [0, 0.05) is 6.42 Å². The summed E-state index contributed by atoms with van der Waals surface area (Å²) < 4.78 is 19.6. The van der Waals surface area contributed by atoms with E-state index in [4.69, 9.17) is 4.42 Å². The van der Waals surface area contributed by atoms with E-state index in [0.29, 0.717) is 17.9 Å². The number of nitrogens with zero attached hydrogens (tertiary/aromatic N) is 2. The second kappa shape index (κ2) is 6.59. The Hall–Kier alpha value is -3.21. The van der Waals surface area contributed by atoms with E-state index in [2.05, 4.69) is 5.10 Å². The van der Waals surface area contributed by atoms with E-state index >= 15 is 0 Å². The topological polar surface area (TPSA) is 45.8 Å². The molecule has 2 aromatic carbocycles. The molecule has 0 saturated carbocycles. The van der Waals surface area contributed by atoms with E-state index in [0.717, 1.165) is 11.1 Å². The van der Waals surface area contributed by atoms with Gasteiger partial charge in [0.25, 0.3) is 5.91 Å². The van der Waals surface area contributed by atoms with Gasteiger partial charge in [0.15, 0.2) is 0 Å². The number of hydrazone groups is 1. The molecule has 1 atom stereocenters. The highest BCUT2D eigenvalue weighted by Crippen LogP contribution is 2.34. The molecule has 5 heteroatoms. The van der Waals surface area contributed by atoms with Crippen LogP contribution in [0, 0.1) is 12.7 Å². The maximum absolute atomic E-state index is 14.1. The van der Waals surface area contributed by atoms with Crippen molar-refractivity contribution in [1.29, 1.82) is 0 Å². The number of amides is 1. The molecule has 2 heterocycles. The Kier molecular flexibility index (Phi) is 4.13. The van der Waals surface area contributed by atoms with Crippen molar-refractivity contribution in [3.63, 3.8) is 0 Å². The molecular formula is C21H17FN2O2. The Morgan fingerprint density at radius 1 is 1.15 bits per heavy atom. The molecule has 0 N–H and O–H groups in total. The Labute approximate surface area is 150 Å². The molecule has 1 aromatic heterocycles. The Balaban J connectivity index is 1.76. The number of benzene rings is 2. The first-order valence-electron chi connectivity index (χ1n) is 8.39. The highest BCUT2D eigenvalue weighted by molar-refractivity contribution is 6.03. The molecule has 4 nitrogen and oxygen atoms in total. The summed E-state index contributed by atoms with van der Waals surface area (Å²) in [5, 5.41) is 5.84. The molecule has 0 fully saturated rings. The summed E-state index contributed by atoms with van der Waals surface area (Å²) in [4.78, 5) is 13.0. The van der Waals surface area contributed by atoms with Crippen molar-refractivity contribution >= 4 is 11.6 Å². The van der Waals surface area contributed by atoms with Gasteiger partial charge in [-0.15, -0.1) is 0 Å².